The molecule has 2 rings (SSSR count). The van der Waals surface area contributed by atoms with Gasteiger partial charge in [0.25, 0.3) is 0 Å². The standard InChI is InChI=1S/C9H2Cl3F3N2O2/c10-2-1-3-6(5(12)4(2)11)16-7(9(13,14)15)17(3)8(18)19/h1H,(H,18,19). The number of halogens is 6. The van der Waals surface area contributed by atoms with E-state index in [0.29, 0.717) is 0 Å². The zero-order chi connectivity index (χ0) is 14.5. The maximum atomic E-state index is 12.7. The zero-order valence-corrected chi connectivity index (χ0v) is 10.9. The summed E-state index contributed by atoms with van der Waals surface area (Å²) in [5.41, 5.74) is -0.773. The molecular formula is C9H2Cl3F3N2O2. The molecule has 102 valence electrons. The Labute approximate surface area is 118 Å². The normalized spacial score (nSPS) is 12.1. The number of nitrogens with zero attached hydrogens (tertiary/aromatic N) is 2. The van der Waals surface area contributed by atoms with Crippen molar-refractivity contribution in [1.29, 1.82) is 0 Å². The lowest BCUT2D eigenvalue weighted by atomic mass is 10.3. The van der Waals surface area contributed by atoms with E-state index < -0.39 is 18.1 Å². The Bertz CT molecular complexity index is 696. The molecule has 0 bridgehead atoms. The van der Waals surface area contributed by atoms with Gasteiger partial charge in [-0.3, -0.25) is 0 Å². The van der Waals surface area contributed by atoms with Crippen LogP contribution >= 0.6 is 34.8 Å². The molecule has 1 N–H and O–H groups in total. The zero-order valence-electron chi connectivity index (χ0n) is 8.60. The molecule has 0 aliphatic rings. The summed E-state index contributed by atoms with van der Waals surface area (Å²) < 4.78 is 38.1. The molecular weight excluding hydrogens is 331 g/mol. The van der Waals surface area contributed by atoms with Gasteiger partial charge in [0.1, 0.15) is 5.52 Å². The van der Waals surface area contributed by atoms with Crippen LogP contribution in [0.2, 0.25) is 15.1 Å². The van der Waals surface area contributed by atoms with Crippen molar-refractivity contribution in [1.82, 2.24) is 9.55 Å². The predicted molar refractivity (Wildman–Crippen MR) is 63.2 cm³/mol. The van der Waals surface area contributed by atoms with Crippen molar-refractivity contribution in [3.05, 3.63) is 27.0 Å². The summed E-state index contributed by atoms with van der Waals surface area (Å²) in [5, 5.41) is 8.17. The molecule has 0 unspecified atom stereocenters. The molecule has 1 heterocycles. The van der Waals surface area contributed by atoms with E-state index in [-0.39, 0.29) is 30.7 Å². The van der Waals surface area contributed by atoms with Gasteiger partial charge in [-0.2, -0.15) is 13.2 Å². The molecule has 0 saturated heterocycles. The third-order valence-electron chi connectivity index (χ3n) is 2.23. The molecule has 4 nitrogen and oxygen atoms in total. The predicted octanol–water partition coefficient (Wildman–Crippen LogP) is 4.54. The lowest BCUT2D eigenvalue weighted by Crippen LogP contribution is -2.19. The van der Waals surface area contributed by atoms with Crippen LogP contribution < -0.4 is 0 Å². The average molecular weight is 333 g/mol. The van der Waals surface area contributed by atoms with Gasteiger partial charge in [0.15, 0.2) is 0 Å². The SMILES string of the molecule is O=C(O)n1c(C(F)(F)F)nc2c(Cl)c(Cl)c(Cl)cc21. The monoisotopic (exact) mass is 332 g/mol. The fourth-order valence-electron chi connectivity index (χ4n) is 1.50. The molecule has 10 heteroatoms. The van der Waals surface area contributed by atoms with Crippen molar-refractivity contribution in [2.24, 2.45) is 0 Å². The molecule has 1 aromatic carbocycles. The lowest BCUT2D eigenvalue weighted by Gasteiger charge is -2.06. The van der Waals surface area contributed by atoms with E-state index >= 15 is 0 Å². The summed E-state index contributed by atoms with van der Waals surface area (Å²) in [6.45, 7) is 0. The second-order valence-electron chi connectivity index (χ2n) is 3.41. The lowest BCUT2D eigenvalue weighted by molar-refractivity contribution is -0.146. The quantitative estimate of drug-likeness (QED) is 0.720. The summed E-state index contributed by atoms with van der Waals surface area (Å²) in [6.07, 6.45) is -6.82. The van der Waals surface area contributed by atoms with Gasteiger partial charge >= 0.3 is 12.3 Å². The summed E-state index contributed by atoms with van der Waals surface area (Å²) in [7, 11) is 0. The van der Waals surface area contributed by atoms with Gasteiger partial charge in [-0.15, -0.1) is 0 Å². The van der Waals surface area contributed by atoms with Gasteiger partial charge in [-0.25, -0.2) is 14.3 Å². The Kier molecular flexibility index (Phi) is 3.32. The van der Waals surface area contributed by atoms with Gasteiger partial charge in [-0.1, -0.05) is 34.8 Å². The molecule has 19 heavy (non-hydrogen) atoms. The maximum Gasteiger partial charge on any atom is 0.450 e. The van der Waals surface area contributed by atoms with E-state index in [1.54, 1.807) is 0 Å². The summed E-state index contributed by atoms with van der Waals surface area (Å²) >= 11 is 17.1. The van der Waals surface area contributed by atoms with Crippen molar-refractivity contribution >= 4 is 51.9 Å². The van der Waals surface area contributed by atoms with Crippen LogP contribution in [0.3, 0.4) is 0 Å². The van der Waals surface area contributed by atoms with Crippen LogP contribution in [0.15, 0.2) is 6.07 Å². The van der Waals surface area contributed by atoms with E-state index in [1.165, 1.54) is 0 Å². The van der Waals surface area contributed by atoms with Crippen LogP contribution in [-0.4, -0.2) is 20.8 Å². The third kappa shape index (κ3) is 2.22. The molecule has 1 aromatic heterocycles. The number of aromatic nitrogens is 2. The van der Waals surface area contributed by atoms with Gasteiger partial charge in [0, 0.05) is 0 Å². The minimum atomic E-state index is -4.96. The van der Waals surface area contributed by atoms with Crippen LogP contribution in [0.1, 0.15) is 5.82 Å². The fraction of sp³-hybridized carbons (Fsp3) is 0.111. The topological polar surface area (TPSA) is 55.1 Å². The van der Waals surface area contributed by atoms with E-state index in [2.05, 4.69) is 4.98 Å². The maximum absolute atomic E-state index is 12.7. The van der Waals surface area contributed by atoms with Crippen molar-refractivity contribution in [3.8, 4) is 0 Å². The molecule has 0 saturated carbocycles. The number of rotatable bonds is 0. The largest absolute Gasteiger partial charge is 0.464 e. The van der Waals surface area contributed by atoms with Crippen LogP contribution in [0.4, 0.5) is 18.0 Å². The van der Waals surface area contributed by atoms with Gasteiger partial charge in [-0.05, 0) is 6.07 Å². The fourth-order valence-corrected chi connectivity index (χ4v) is 2.13. The number of alkyl halides is 3. The van der Waals surface area contributed by atoms with E-state index in [1.807, 2.05) is 0 Å². The first kappa shape index (κ1) is 14.2. The first-order chi connectivity index (χ1) is 8.64. The summed E-state index contributed by atoms with van der Waals surface area (Å²) in [4.78, 5) is 14.1. The van der Waals surface area contributed by atoms with Crippen LogP contribution in [0, 0.1) is 0 Å². The number of benzene rings is 1. The Morgan fingerprint density at radius 3 is 2.32 bits per heavy atom. The third-order valence-corrected chi connectivity index (χ3v) is 3.48. The molecule has 0 amide bonds. The highest BCUT2D eigenvalue weighted by Gasteiger charge is 2.40. The molecule has 2 aromatic rings. The number of carboxylic acid groups (broad SMARTS) is 1. The number of imidazole rings is 1. The number of carbonyl (C=O) groups is 1. The summed E-state index contributed by atoms with van der Waals surface area (Å²) in [5.74, 6) is -1.62. The number of hydrogen-bond donors (Lipinski definition) is 1. The van der Waals surface area contributed by atoms with Crippen LogP contribution in [-0.2, 0) is 6.18 Å². The van der Waals surface area contributed by atoms with Crippen molar-refractivity contribution in [2.45, 2.75) is 6.18 Å². The molecule has 0 aliphatic carbocycles. The first-order valence-corrected chi connectivity index (χ1v) is 5.64. The second kappa shape index (κ2) is 4.43. The van der Waals surface area contributed by atoms with Gasteiger partial charge < -0.3 is 5.11 Å². The van der Waals surface area contributed by atoms with E-state index in [9.17, 15) is 18.0 Å². The van der Waals surface area contributed by atoms with E-state index in [4.69, 9.17) is 39.9 Å². The molecule has 0 radical (unpaired) electrons. The Morgan fingerprint density at radius 1 is 1.26 bits per heavy atom. The highest BCUT2D eigenvalue weighted by Crippen LogP contribution is 2.39. The Hall–Kier alpha value is -1.18. The molecule has 0 spiro atoms. The minimum absolute atomic E-state index is 0.0383. The van der Waals surface area contributed by atoms with Crippen LogP contribution in [0.25, 0.3) is 11.0 Å². The van der Waals surface area contributed by atoms with Crippen molar-refractivity contribution < 1.29 is 23.1 Å². The number of hydrogen-bond acceptors (Lipinski definition) is 2. The molecule has 0 aliphatic heterocycles. The summed E-state index contributed by atoms with van der Waals surface area (Å²) in [6, 6.07) is 0.960. The Balaban J connectivity index is 2.98. The first-order valence-electron chi connectivity index (χ1n) is 4.51. The minimum Gasteiger partial charge on any atom is -0.464 e. The second-order valence-corrected chi connectivity index (χ2v) is 4.57. The Morgan fingerprint density at radius 2 is 1.84 bits per heavy atom. The average Bonchev–Trinajstić information content (AvgIpc) is 2.65. The van der Waals surface area contributed by atoms with E-state index in [0.717, 1.165) is 6.07 Å². The highest BCUT2D eigenvalue weighted by molar-refractivity contribution is 6.50. The van der Waals surface area contributed by atoms with Gasteiger partial charge in [0.2, 0.25) is 5.82 Å². The van der Waals surface area contributed by atoms with Crippen LogP contribution in [0.5, 0.6) is 0 Å². The highest BCUT2D eigenvalue weighted by atomic mass is 35.5. The van der Waals surface area contributed by atoms with Crippen molar-refractivity contribution in [2.75, 3.05) is 0 Å². The number of fused-ring (bicyclic) bond motifs is 1. The molecule has 0 fully saturated rings. The van der Waals surface area contributed by atoms with Gasteiger partial charge in [0.05, 0.1) is 20.6 Å². The smallest absolute Gasteiger partial charge is 0.450 e. The molecule has 0 atom stereocenters. The van der Waals surface area contributed by atoms with Crippen molar-refractivity contribution in [3.63, 3.8) is 0 Å².